The van der Waals surface area contributed by atoms with Crippen molar-refractivity contribution in [3.63, 3.8) is 0 Å². The van der Waals surface area contributed by atoms with E-state index in [0.29, 0.717) is 19.6 Å². The van der Waals surface area contributed by atoms with Gasteiger partial charge in [0.15, 0.2) is 0 Å². The molecule has 0 aliphatic carbocycles. The average molecular weight is 344 g/mol. The Balaban J connectivity index is 1.88. The van der Waals surface area contributed by atoms with Gasteiger partial charge in [0.2, 0.25) is 0 Å². The van der Waals surface area contributed by atoms with Crippen molar-refractivity contribution < 1.29 is 13.9 Å². The van der Waals surface area contributed by atoms with Crippen LogP contribution in [0.4, 0.5) is 9.18 Å². The Labute approximate surface area is 148 Å². The molecule has 25 heavy (non-hydrogen) atoms. The lowest BCUT2D eigenvalue weighted by molar-refractivity contribution is 0.237. The molecule has 0 heterocycles. The normalized spacial score (nSPS) is 11.7. The Morgan fingerprint density at radius 2 is 2.04 bits per heavy atom. The summed E-state index contributed by atoms with van der Waals surface area (Å²) in [6.45, 7) is 6.87. The van der Waals surface area contributed by atoms with E-state index in [1.165, 1.54) is 12.1 Å². The molecule has 2 aromatic rings. The summed E-state index contributed by atoms with van der Waals surface area (Å²) in [5.41, 5.74) is 2.91. The van der Waals surface area contributed by atoms with Gasteiger partial charge < -0.3 is 15.4 Å². The zero-order valence-corrected chi connectivity index (χ0v) is 14.9. The summed E-state index contributed by atoms with van der Waals surface area (Å²) in [7, 11) is 0. The van der Waals surface area contributed by atoms with Crippen LogP contribution >= 0.6 is 0 Å². The fourth-order valence-electron chi connectivity index (χ4n) is 2.63. The molecule has 5 heteroatoms. The van der Waals surface area contributed by atoms with Crippen LogP contribution < -0.4 is 15.4 Å². The maximum Gasteiger partial charge on any atom is 0.315 e. The van der Waals surface area contributed by atoms with Gasteiger partial charge in [0.05, 0.1) is 12.6 Å². The Morgan fingerprint density at radius 3 is 2.76 bits per heavy atom. The van der Waals surface area contributed by atoms with Gasteiger partial charge in [0, 0.05) is 12.1 Å². The lowest BCUT2D eigenvalue weighted by atomic mass is 10.0. The number of urea groups is 1. The SMILES string of the molecule is CCOc1ccc(C)cc1C(C)NC(=O)NCCc1cccc(F)c1. The minimum Gasteiger partial charge on any atom is -0.494 e. The molecule has 0 radical (unpaired) electrons. The van der Waals surface area contributed by atoms with Gasteiger partial charge in [0.1, 0.15) is 11.6 Å². The molecule has 4 nitrogen and oxygen atoms in total. The van der Waals surface area contributed by atoms with Crippen LogP contribution in [0.1, 0.15) is 36.6 Å². The highest BCUT2D eigenvalue weighted by Crippen LogP contribution is 2.26. The van der Waals surface area contributed by atoms with E-state index in [1.54, 1.807) is 6.07 Å². The van der Waals surface area contributed by atoms with Gasteiger partial charge in [-0.1, -0.05) is 29.8 Å². The van der Waals surface area contributed by atoms with E-state index < -0.39 is 0 Å². The number of nitrogens with one attached hydrogen (secondary N) is 2. The van der Waals surface area contributed by atoms with Crippen LogP contribution in [-0.4, -0.2) is 19.2 Å². The van der Waals surface area contributed by atoms with Crippen molar-refractivity contribution in [2.75, 3.05) is 13.2 Å². The first-order chi connectivity index (χ1) is 12.0. The van der Waals surface area contributed by atoms with Crippen molar-refractivity contribution in [1.29, 1.82) is 0 Å². The number of aryl methyl sites for hydroxylation is 1. The van der Waals surface area contributed by atoms with Gasteiger partial charge in [0.25, 0.3) is 0 Å². The van der Waals surface area contributed by atoms with Gasteiger partial charge in [-0.05, 0) is 51.0 Å². The molecule has 0 spiro atoms. The van der Waals surface area contributed by atoms with Gasteiger partial charge in [-0.2, -0.15) is 0 Å². The predicted molar refractivity (Wildman–Crippen MR) is 97.4 cm³/mol. The minimum atomic E-state index is -0.265. The summed E-state index contributed by atoms with van der Waals surface area (Å²) in [5.74, 6) is 0.513. The molecule has 1 atom stereocenters. The number of carbonyl (C=O) groups excluding carboxylic acids is 1. The van der Waals surface area contributed by atoms with Gasteiger partial charge >= 0.3 is 6.03 Å². The van der Waals surface area contributed by atoms with Crippen LogP contribution in [0.5, 0.6) is 5.75 Å². The minimum absolute atomic E-state index is 0.185. The van der Waals surface area contributed by atoms with E-state index in [9.17, 15) is 9.18 Å². The van der Waals surface area contributed by atoms with Crippen LogP contribution in [0.15, 0.2) is 42.5 Å². The molecule has 0 fully saturated rings. The summed E-state index contributed by atoms with van der Waals surface area (Å²) in [5, 5.41) is 5.72. The van der Waals surface area contributed by atoms with E-state index in [4.69, 9.17) is 4.74 Å². The van der Waals surface area contributed by atoms with Crippen LogP contribution in [-0.2, 0) is 6.42 Å². The van der Waals surface area contributed by atoms with Crippen LogP contribution in [0.2, 0.25) is 0 Å². The number of hydrogen-bond acceptors (Lipinski definition) is 2. The molecule has 0 aliphatic rings. The molecule has 0 saturated heterocycles. The first kappa shape index (κ1) is 18.8. The van der Waals surface area contributed by atoms with Crippen LogP contribution in [0.25, 0.3) is 0 Å². The number of halogens is 1. The Hall–Kier alpha value is -2.56. The molecule has 0 aliphatic heterocycles. The van der Waals surface area contributed by atoms with Crippen molar-refractivity contribution in [2.24, 2.45) is 0 Å². The fourth-order valence-corrected chi connectivity index (χ4v) is 2.63. The largest absolute Gasteiger partial charge is 0.494 e. The number of amides is 2. The van der Waals surface area contributed by atoms with Crippen LogP contribution in [0.3, 0.4) is 0 Å². The lowest BCUT2D eigenvalue weighted by Gasteiger charge is -2.19. The lowest BCUT2D eigenvalue weighted by Crippen LogP contribution is -2.38. The molecule has 2 amide bonds. The van der Waals surface area contributed by atoms with Gasteiger partial charge in [-0.3, -0.25) is 0 Å². The van der Waals surface area contributed by atoms with E-state index in [1.807, 2.05) is 45.0 Å². The Kier molecular flexibility index (Phi) is 6.81. The summed E-state index contributed by atoms with van der Waals surface area (Å²) >= 11 is 0. The third-order valence-corrected chi connectivity index (χ3v) is 3.87. The Morgan fingerprint density at radius 1 is 1.24 bits per heavy atom. The van der Waals surface area contributed by atoms with E-state index in [-0.39, 0.29) is 17.9 Å². The van der Waals surface area contributed by atoms with Gasteiger partial charge in [-0.15, -0.1) is 0 Å². The smallest absolute Gasteiger partial charge is 0.315 e. The van der Waals surface area contributed by atoms with Crippen molar-refractivity contribution in [3.8, 4) is 5.75 Å². The number of rotatable bonds is 7. The Bertz CT molecular complexity index is 719. The van der Waals surface area contributed by atoms with E-state index >= 15 is 0 Å². The topological polar surface area (TPSA) is 50.4 Å². The second-order valence-corrected chi connectivity index (χ2v) is 5.98. The van der Waals surface area contributed by atoms with Crippen molar-refractivity contribution in [3.05, 3.63) is 65.0 Å². The second-order valence-electron chi connectivity index (χ2n) is 5.98. The summed E-state index contributed by atoms with van der Waals surface area (Å²) in [6, 6.07) is 11.9. The molecule has 2 N–H and O–H groups in total. The molecular weight excluding hydrogens is 319 g/mol. The third-order valence-electron chi connectivity index (χ3n) is 3.87. The van der Waals surface area contributed by atoms with Crippen molar-refractivity contribution >= 4 is 6.03 Å². The molecule has 1 unspecified atom stereocenters. The molecule has 2 aromatic carbocycles. The summed E-state index contributed by atoms with van der Waals surface area (Å²) < 4.78 is 18.8. The first-order valence-corrected chi connectivity index (χ1v) is 8.51. The van der Waals surface area contributed by atoms with E-state index in [2.05, 4.69) is 10.6 Å². The fraction of sp³-hybridized carbons (Fsp3) is 0.350. The monoisotopic (exact) mass is 344 g/mol. The molecule has 0 aromatic heterocycles. The highest BCUT2D eigenvalue weighted by Gasteiger charge is 2.14. The summed E-state index contributed by atoms with van der Waals surface area (Å²) in [6.07, 6.45) is 0.578. The zero-order chi connectivity index (χ0) is 18.2. The highest BCUT2D eigenvalue weighted by atomic mass is 19.1. The number of hydrogen-bond donors (Lipinski definition) is 2. The molecule has 0 bridgehead atoms. The van der Waals surface area contributed by atoms with Crippen LogP contribution in [0, 0.1) is 12.7 Å². The number of carbonyl (C=O) groups is 1. The maximum absolute atomic E-state index is 13.1. The van der Waals surface area contributed by atoms with Crippen molar-refractivity contribution in [1.82, 2.24) is 10.6 Å². The second kappa shape index (κ2) is 9.06. The first-order valence-electron chi connectivity index (χ1n) is 8.51. The standard InChI is InChI=1S/C20H25FN2O2/c1-4-25-19-9-8-14(2)12-18(19)15(3)23-20(24)22-11-10-16-6-5-7-17(21)13-16/h5-9,12-13,15H,4,10-11H2,1-3H3,(H2,22,23,24). The maximum atomic E-state index is 13.1. The van der Waals surface area contributed by atoms with E-state index in [0.717, 1.165) is 22.4 Å². The number of ether oxygens (including phenoxy) is 1. The highest BCUT2D eigenvalue weighted by molar-refractivity contribution is 5.74. The molecule has 2 rings (SSSR count). The molecular formula is C20H25FN2O2. The van der Waals surface area contributed by atoms with Crippen molar-refractivity contribution in [2.45, 2.75) is 33.2 Å². The number of benzene rings is 2. The van der Waals surface area contributed by atoms with Gasteiger partial charge in [-0.25, -0.2) is 9.18 Å². The third kappa shape index (κ3) is 5.78. The quantitative estimate of drug-likeness (QED) is 0.793. The average Bonchev–Trinajstić information content (AvgIpc) is 2.56. The molecule has 134 valence electrons. The summed E-state index contributed by atoms with van der Waals surface area (Å²) in [4.78, 5) is 12.1. The zero-order valence-electron chi connectivity index (χ0n) is 14.9. The predicted octanol–water partition coefficient (Wildman–Crippen LogP) is 4.14. The molecule has 0 saturated carbocycles.